The molecule has 0 unspecified atom stereocenters. The number of aryl methyl sites for hydroxylation is 2. The zero-order chi connectivity index (χ0) is 13.9. The van der Waals surface area contributed by atoms with E-state index in [1.807, 2.05) is 29.9 Å². The van der Waals surface area contributed by atoms with E-state index in [1.165, 1.54) is 5.69 Å². The summed E-state index contributed by atoms with van der Waals surface area (Å²) in [6, 6.07) is 5.47. The fraction of sp³-hybridized carbons (Fsp3) is 0.438. The molecule has 20 heavy (non-hydrogen) atoms. The van der Waals surface area contributed by atoms with Gasteiger partial charge in [0.1, 0.15) is 0 Å². The lowest BCUT2D eigenvalue weighted by molar-refractivity contribution is 0.294. The number of benzene rings is 1. The summed E-state index contributed by atoms with van der Waals surface area (Å²) in [6.45, 7) is 0.524. The Labute approximate surface area is 118 Å². The number of halogens is 1. The normalized spacial score (nSPS) is 14.5. The van der Waals surface area contributed by atoms with Crippen molar-refractivity contribution in [2.24, 2.45) is 7.05 Å². The molecule has 1 saturated carbocycles. The first kappa shape index (κ1) is 13.2. The van der Waals surface area contributed by atoms with Gasteiger partial charge < -0.3 is 9.30 Å². The average molecular weight is 274 g/mol. The summed E-state index contributed by atoms with van der Waals surface area (Å²) in [7, 11) is 1.97. The number of hydrogen-bond acceptors (Lipinski definition) is 2. The first-order chi connectivity index (χ1) is 9.75. The van der Waals surface area contributed by atoms with Crippen LogP contribution in [0.1, 0.15) is 36.4 Å². The molecule has 106 valence electrons. The first-order valence-corrected chi connectivity index (χ1v) is 7.12. The molecule has 3 rings (SSSR count). The molecular formula is C16H19FN2O. The van der Waals surface area contributed by atoms with Gasteiger partial charge in [0, 0.05) is 18.9 Å². The second kappa shape index (κ2) is 5.65. The van der Waals surface area contributed by atoms with E-state index in [1.54, 1.807) is 12.4 Å². The summed E-state index contributed by atoms with van der Waals surface area (Å²) in [5, 5.41) is 0. The van der Waals surface area contributed by atoms with Gasteiger partial charge in [-0.25, -0.2) is 9.37 Å². The predicted molar refractivity (Wildman–Crippen MR) is 75.4 cm³/mol. The summed E-state index contributed by atoms with van der Waals surface area (Å²) in [6.07, 6.45) is 7.58. The molecule has 4 heteroatoms. The highest BCUT2D eigenvalue weighted by Gasteiger charge is 2.27. The summed E-state index contributed by atoms with van der Waals surface area (Å²) in [4.78, 5) is 4.07. The molecule has 0 bridgehead atoms. The first-order valence-electron chi connectivity index (χ1n) is 7.12. The monoisotopic (exact) mass is 274 g/mol. The number of imidazole rings is 1. The molecule has 0 N–H and O–H groups in total. The molecule has 1 aliphatic carbocycles. The van der Waals surface area contributed by atoms with E-state index >= 15 is 0 Å². The minimum atomic E-state index is -0.171. The third-order valence-corrected chi connectivity index (χ3v) is 3.76. The van der Waals surface area contributed by atoms with Crippen molar-refractivity contribution in [1.29, 1.82) is 0 Å². The van der Waals surface area contributed by atoms with Crippen LogP contribution in [0.25, 0.3) is 0 Å². The van der Waals surface area contributed by atoms with Gasteiger partial charge in [0.05, 0.1) is 12.9 Å². The van der Waals surface area contributed by atoms with Gasteiger partial charge in [-0.15, -0.1) is 0 Å². The Balaban J connectivity index is 1.53. The van der Waals surface area contributed by atoms with Crippen LogP contribution in [0.3, 0.4) is 0 Å². The van der Waals surface area contributed by atoms with Crippen molar-refractivity contribution < 1.29 is 9.13 Å². The van der Waals surface area contributed by atoms with Crippen LogP contribution in [-0.2, 0) is 13.5 Å². The molecule has 3 nitrogen and oxygen atoms in total. The molecule has 0 saturated heterocycles. The lowest BCUT2D eigenvalue weighted by Gasteiger charge is -2.10. The van der Waals surface area contributed by atoms with Crippen molar-refractivity contribution in [1.82, 2.24) is 9.55 Å². The Morgan fingerprint density at radius 1 is 1.40 bits per heavy atom. The average Bonchev–Trinajstić information content (AvgIpc) is 3.20. The standard InChI is InChI=1S/C16H19FN2O/c1-19-11-18-10-13(19)4-3-9-20-15-6-2-5-14(16(15)17)12-7-8-12/h2,5-6,10-12H,3-4,7-9H2,1H3. The van der Waals surface area contributed by atoms with Crippen LogP contribution in [0.4, 0.5) is 4.39 Å². The Bertz CT molecular complexity index is 590. The van der Waals surface area contributed by atoms with Crippen LogP contribution < -0.4 is 4.74 Å². The van der Waals surface area contributed by atoms with Crippen LogP contribution >= 0.6 is 0 Å². The van der Waals surface area contributed by atoms with E-state index in [-0.39, 0.29) is 5.82 Å². The SMILES string of the molecule is Cn1cncc1CCCOc1cccc(C2CC2)c1F. The Morgan fingerprint density at radius 3 is 2.95 bits per heavy atom. The van der Waals surface area contributed by atoms with Crippen LogP contribution in [-0.4, -0.2) is 16.2 Å². The van der Waals surface area contributed by atoms with Crippen LogP contribution in [0.2, 0.25) is 0 Å². The van der Waals surface area contributed by atoms with Gasteiger partial charge in [-0.1, -0.05) is 12.1 Å². The third kappa shape index (κ3) is 2.84. The van der Waals surface area contributed by atoms with Crippen molar-refractivity contribution >= 4 is 0 Å². The molecule has 2 aromatic rings. The molecular weight excluding hydrogens is 255 g/mol. The van der Waals surface area contributed by atoms with Crippen molar-refractivity contribution in [2.75, 3.05) is 6.61 Å². The Hall–Kier alpha value is -1.84. The number of aromatic nitrogens is 2. The van der Waals surface area contributed by atoms with Crippen molar-refractivity contribution in [3.8, 4) is 5.75 Å². The van der Waals surface area contributed by atoms with Crippen molar-refractivity contribution in [2.45, 2.75) is 31.6 Å². The molecule has 0 atom stereocenters. The summed E-state index contributed by atoms with van der Waals surface area (Å²) < 4.78 is 21.8. The van der Waals surface area contributed by atoms with Gasteiger partial charge in [-0.05, 0) is 43.2 Å². The number of hydrogen-bond donors (Lipinski definition) is 0. The summed E-state index contributed by atoms with van der Waals surface area (Å²) in [5.74, 6) is 0.628. The van der Waals surface area contributed by atoms with E-state index in [0.29, 0.717) is 18.3 Å². The van der Waals surface area contributed by atoms with Gasteiger partial charge >= 0.3 is 0 Å². The summed E-state index contributed by atoms with van der Waals surface area (Å²) in [5.41, 5.74) is 1.98. The minimum Gasteiger partial charge on any atom is -0.490 e. The highest BCUT2D eigenvalue weighted by atomic mass is 19.1. The maximum absolute atomic E-state index is 14.2. The van der Waals surface area contributed by atoms with Crippen LogP contribution in [0.5, 0.6) is 5.75 Å². The zero-order valence-electron chi connectivity index (χ0n) is 11.7. The topological polar surface area (TPSA) is 27.1 Å². The van der Waals surface area contributed by atoms with E-state index < -0.39 is 0 Å². The smallest absolute Gasteiger partial charge is 0.168 e. The molecule has 0 aliphatic heterocycles. The van der Waals surface area contributed by atoms with E-state index in [0.717, 1.165) is 31.2 Å². The molecule has 0 radical (unpaired) electrons. The van der Waals surface area contributed by atoms with E-state index in [4.69, 9.17) is 4.74 Å². The van der Waals surface area contributed by atoms with Gasteiger partial charge in [-0.3, -0.25) is 0 Å². The van der Waals surface area contributed by atoms with Crippen LogP contribution in [0.15, 0.2) is 30.7 Å². The third-order valence-electron chi connectivity index (χ3n) is 3.76. The molecule has 1 heterocycles. The van der Waals surface area contributed by atoms with Crippen molar-refractivity contribution in [3.05, 3.63) is 47.8 Å². The van der Waals surface area contributed by atoms with E-state index in [2.05, 4.69) is 4.98 Å². The lowest BCUT2D eigenvalue weighted by atomic mass is 10.1. The van der Waals surface area contributed by atoms with Crippen LogP contribution in [0, 0.1) is 5.82 Å². The number of ether oxygens (including phenoxy) is 1. The Kier molecular flexibility index (Phi) is 3.72. The predicted octanol–water partition coefficient (Wildman–Crippen LogP) is 3.45. The quantitative estimate of drug-likeness (QED) is 0.754. The molecule has 1 aromatic carbocycles. The molecule has 1 aliphatic rings. The fourth-order valence-electron chi connectivity index (χ4n) is 2.41. The zero-order valence-corrected chi connectivity index (χ0v) is 11.7. The highest BCUT2D eigenvalue weighted by Crippen LogP contribution is 2.42. The molecule has 1 fully saturated rings. The second-order valence-electron chi connectivity index (χ2n) is 5.38. The molecule has 0 spiro atoms. The highest BCUT2D eigenvalue weighted by molar-refractivity contribution is 5.35. The number of nitrogens with zero attached hydrogens (tertiary/aromatic N) is 2. The van der Waals surface area contributed by atoms with Gasteiger partial charge in [-0.2, -0.15) is 0 Å². The summed E-state index contributed by atoms with van der Waals surface area (Å²) >= 11 is 0. The maximum Gasteiger partial charge on any atom is 0.168 e. The Morgan fingerprint density at radius 2 is 2.25 bits per heavy atom. The van der Waals surface area contributed by atoms with E-state index in [9.17, 15) is 4.39 Å². The maximum atomic E-state index is 14.2. The lowest BCUT2D eigenvalue weighted by Crippen LogP contribution is -2.04. The molecule has 0 amide bonds. The molecule has 1 aromatic heterocycles. The van der Waals surface area contributed by atoms with Crippen molar-refractivity contribution in [3.63, 3.8) is 0 Å². The fourth-order valence-corrected chi connectivity index (χ4v) is 2.41. The van der Waals surface area contributed by atoms with Gasteiger partial charge in [0.15, 0.2) is 11.6 Å². The van der Waals surface area contributed by atoms with Gasteiger partial charge in [0.25, 0.3) is 0 Å². The van der Waals surface area contributed by atoms with Gasteiger partial charge in [0.2, 0.25) is 0 Å². The number of rotatable bonds is 6. The second-order valence-corrected chi connectivity index (χ2v) is 5.38. The minimum absolute atomic E-state index is 0.171. The largest absolute Gasteiger partial charge is 0.490 e.